The molecule has 1 unspecified atom stereocenters. The zero-order valence-corrected chi connectivity index (χ0v) is 6.34. The van der Waals surface area contributed by atoms with Gasteiger partial charge in [0.05, 0.1) is 5.41 Å². The van der Waals surface area contributed by atoms with Crippen molar-refractivity contribution in [2.75, 3.05) is 0 Å². The van der Waals surface area contributed by atoms with Gasteiger partial charge in [0.25, 0.3) is 0 Å². The van der Waals surface area contributed by atoms with Gasteiger partial charge in [0, 0.05) is 6.42 Å². The van der Waals surface area contributed by atoms with E-state index in [4.69, 9.17) is 0 Å². The van der Waals surface area contributed by atoms with E-state index in [1.807, 2.05) is 0 Å². The molecule has 0 radical (unpaired) electrons. The predicted octanol–water partition coefficient (Wildman–Crippen LogP) is 3.00. The summed E-state index contributed by atoms with van der Waals surface area (Å²) in [6, 6.07) is 0. The molecule has 2 fully saturated rings. The third-order valence-electron chi connectivity index (χ3n) is 3.11. The van der Waals surface area contributed by atoms with Crippen LogP contribution in [0.2, 0.25) is 0 Å². The molecule has 2 saturated carbocycles. The zero-order valence-electron chi connectivity index (χ0n) is 6.34. The van der Waals surface area contributed by atoms with E-state index >= 15 is 0 Å². The van der Waals surface area contributed by atoms with Gasteiger partial charge in [-0.1, -0.05) is 12.2 Å². The van der Waals surface area contributed by atoms with Crippen LogP contribution in [-0.2, 0) is 0 Å². The molecule has 4 heteroatoms. The Kier molecular flexibility index (Phi) is 1.14. The topological polar surface area (TPSA) is 0 Å². The lowest BCUT2D eigenvalue weighted by Gasteiger charge is -2.60. The number of halogens is 4. The normalized spacial score (nSPS) is 42.2. The minimum Gasteiger partial charge on any atom is -0.200 e. The number of hydrogen-bond acceptors (Lipinski definition) is 0. The highest BCUT2D eigenvalue weighted by Gasteiger charge is 2.82. The minimum absolute atomic E-state index is 0.161. The van der Waals surface area contributed by atoms with E-state index in [0.29, 0.717) is 12.0 Å². The van der Waals surface area contributed by atoms with Crippen LogP contribution >= 0.6 is 0 Å². The molecule has 12 heavy (non-hydrogen) atoms. The minimum atomic E-state index is -3.85. The fraction of sp³-hybridized carbons (Fsp3) is 0.750. The lowest BCUT2D eigenvalue weighted by Crippen LogP contribution is -2.70. The smallest absolute Gasteiger partial charge is 0.200 e. The van der Waals surface area contributed by atoms with Crippen LogP contribution in [-0.4, -0.2) is 11.8 Å². The summed E-state index contributed by atoms with van der Waals surface area (Å²) in [6.07, 6.45) is -0.0913. The van der Waals surface area contributed by atoms with Gasteiger partial charge in [-0.3, -0.25) is 0 Å². The Bertz CT molecular complexity index is 256. The first kappa shape index (κ1) is 8.08. The average Bonchev–Trinajstić information content (AvgIpc) is 1.96. The SMILES string of the molecule is C=C1CCC12CC(F)(F)C2(F)F. The van der Waals surface area contributed by atoms with E-state index in [-0.39, 0.29) is 6.42 Å². The average molecular weight is 180 g/mol. The number of allylic oxidation sites excluding steroid dienone is 1. The first-order chi connectivity index (χ1) is 5.33. The third kappa shape index (κ3) is 0.538. The first-order valence-electron chi connectivity index (χ1n) is 3.77. The molecule has 1 spiro atoms. The Morgan fingerprint density at radius 2 is 1.75 bits per heavy atom. The molecule has 2 rings (SSSR count). The predicted molar refractivity (Wildman–Crippen MR) is 35.3 cm³/mol. The van der Waals surface area contributed by atoms with Crippen molar-refractivity contribution in [3.63, 3.8) is 0 Å². The molecule has 0 N–H and O–H groups in total. The van der Waals surface area contributed by atoms with Gasteiger partial charge in [-0.25, -0.2) is 0 Å². The van der Waals surface area contributed by atoms with Crippen LogP contribution in [0.25, 0.3) is 0 Å². The molecule has 1 atom stereocenters. The third-order valence-corrected chi connectivity index (χ3v) is 3.11. The molecule has 0 aromatic carbocycles. The van der Waals surface area contributed by atoms with Gasteiger partial charge in [-0.15, -0.1) is 0 Å². The van der Waals surface area contributed by atoms with Crippen molar-refractivity contribution >= 4 is 0 Å². The van der Waals surface area contributed by atoms with Gasteiger partial charge in [0.1, 0.15) is 0 Å². The maximum Gasteiger partial charge on any atom is 0.319 e. The highest BCUT2D eigenvalue weighted by Crippen LogP contribution is 2.72. The maximum atomic E-state index is 12.9. The van der Waals surface area contributed by atoms with Gasteiger partial charge in [0.2, 0.25) is 0 Å². The van der Waals surface area contributed by atoms with E-state index in [1.54, 1.807) is 0 Å². The summed E-state index contributed by atoms with van der Waals surface area (Å²) in [5, 5.41) is 0. The summed E-state index contributed by atoms with van der Waals surface area (Å²) >= 11 is 0. The molecule has 2 aliphatic carbocycles. The van der Waals surface area contributed by atoms with Gasteiger partial charge in [-0.05, 0) is 12.8 Å². The van der Waals surface area contributed by atoms with Crippen LogP contribution in [0.1, 0.15) is 19.3 Å². The quantitative estimate of drug-likeness (QED) is 0.397. The molecule has 0 bridgehead atoms. The van der Waals surface area contributed by atoms with Crippen molar-refractivity contribution in [1.82, 2.24) is 0 Å². The van der Waals surface area contributed by atoms with Gasteiger partial charge >= 0.3 is 11.8 Å². The molecule has 0 aromatic heterocycles. The lowest BCUT2D eigenvalue weighted by molar-refractivity contribution is -0.358. The van der Waals surface area contributed by atoms with E-state index in [0.717, 1.165) is 0 Å². The van der Waals surface area contributed by atoms with Crippen molar-refractivity contribution in [1.29, 1.82) is 0 Å². The second kappa shape index (κ2) is 1.70. The molecule has 0 heterocycles. The molecule has 0 amide bonds. The molecule has 0 nitrogen and oxygen atoms in total. The summed E-state index contributed by atoms with van der Waals surface area (Å²) in [6.45, 7) is 3.38. The largest absolute Gasteiger partial charge is 0.319 e. The van der Waals surface area contributed by atoms with Crippen molar-refractivity contribution in [3.8, 4) is 0 Å². The van der Waals surface area contributed by atoms with Crippen molar-refractivity contribution < 1.29 is 17.6 Å². The molecule has 0 saturated heterocycles. The Labute approximate surface area is 67.3 Å². The highest BCUT2D eigenvalue weighted by molar-refractivity contribution is 5.34. The van der Waals surface area contributed by atoms with Crippen LogP contribution in [0.4, 0.5) is 17.6 Å². The Morgan fingerprint density at radius 1 is 1.17 bits per heavy atom. The molecule has 0 aromatic rings. The van der Waals surface area contributed by atoms with Crippen molar-refractivity contribution in [2.24, 2.45) is 5.41 Å². The van der Waals surface area contributed by atoms with Crippen molar-refractivity contribution in [2.45, 2.75) is 31.1 Å². The summed E-state index contributed by atoms with van der Waals surface area (Å²) < 4.78 is 50.5. The zero-order chi connectivity index (χ0) is 9.20. The van der Waals surface area contributed by atoms with E-state index in [2.05, 4.69) is 6.58 Å². The second-order valence-corrected chi connectivity index (χ2v) is 3.64. The van der Waals surface area contributed by atoms with Crippen LogP contribution in [0.5, 0.6) is 0 Å². The molecular formula is C8H8F4. The first-order valence-corrected chi connectivity index (χ1v) is 3.77. The number of rotatable bonds is 0. The van der Waals surface area contributed by atoms with E-state index < -0.39 is 23.7 Å². The fourth-order valence-corrected chi connectivity index (χ4v) is 2.04. The number of hydrogen-bond donors (Lipinski definition) is 0. The van der Waals surface area contributed by atoms with Crippen LogP contribution in [0.15, 0.2) is 12.2 Å². The maximum absolute atomic E-state index is 12.9. The fourth-order valence-electron chi connectivity index (χ4n) is 2.04. The molecule has 68 valence electrons. The summed E-state index contributed by atoms with van der Waals surface area (Å²) in [5.74, 6) is -7.66. The Morgan fingerprint density at radius 3 is 1.83 bits per heavy atom. The summed E-state index contributed by atoms with van der Waals surface area (Å²) in [5.41, 5.74) is -1.25. The second-order valence-electron chi connectivity index (χ2n) is 3.64. The monoisotopic (exact) mass is 180 g/mol. The molecule has 0 aliphatic heterocycles. The number of alkyl halides is 4. The molecule has 2 aliphatic rings. The van der Waals surface area contributed by atoms with Crippen LogP contribution in [0.3, 0.4) is 0 Å². The molecular weight excluding hydrogens is 172 g/mol. The summed E-state index contributed by atoms with van der Waals surface area (Å²) in [4.78, 5) is 0. The summed E-state index contributed by atoms with van der Waals surface area (Å²) in [7, 11) is 0. The van der Waals surface area contributed by atoms with Gasteiger partial charge in [0.15, 0.2) is 0 Å². The van der Waals surface area contributed by atoms with Crippen molar-refractivity contribution in [3.05, 3.63) is 12.2 Å². The van der Waals surface area contributed by atoms with E-state index in [9.17, 15) is 17.6 Å². The van der Waals surface area contributed by atoms with Crippen LogP contribution in [0, 0.1) is 5.41 Å². The standard InChI is InChI=1S/C8H8F4/c1-5-2-3-6(5)4-7(9,10)8(6,11)12/h1-4H2. The highest BCUT2D eigenvalue weighted by atomic mass is 19.3. The van der Waals surface area contributed by atoms with Crippen LogP contribution < -0.4 is 0 Å². The lowest BCUT2D eigenvalue weighted by atomic mass is 9.49. The Balaban J connectivity index is 2.31. The Hall–Kier alpha value is -0.540. The van der Waals surface area contributed by atoms with Gasteiger partial charge < -0.3 is 0 Å². The van der Waals surface area contributed by atoms with Gasteiger partial charge in [-0.2, -0.15) is 17.6 Å². The van der Waals surface area contributed by atoms with E-state index in [1.165, 1.54) is 0 Å².